The van der Waals surface area contributed by atoms with Gasteiger partial charge in [-0.3, -0.25) is 4.79 Å². The third-order valence-electron chi connectivity index (χ3n) is 7.61. The van der Waals surface area contributed by atoms with E-state index in [1.807, 2.05) is 6.92 Å². The molecular weight excluding hydrogens is 506 g/mol. The van der Waals surface area contributed by atoms with E-state index in [1.54, 1.807) is 0 Å². The largest absolute Gasteiger partial charge is 0.389 e. The third-order valence-corrected chi connectivity index (χ3v) is 8.79. The number of nitrogens with zero attached hydrogens (tertiary/aromatic N) is 1. The number of hydrogen-bond acceptors (Lipinski definition) is 6. The lowest BCUT2D eigenvalue weighted by molar-refractivity contribution is 0.0941. The van der Waals surface area contributed by atoms with E-state index in [4.69, 9.17) is 4.42 Å². The molecule has 0 aliphatic carbocycles. The lowest BCUT2D eigenvalue weighted by Gasteiger charge is -2.13. The minimum Gasteiger partial charge on any atom is -0.389 e. The van der Waals surface area contributed by atoms with Crippen LogP contribution in [-0.2, 0) is 0 Å². The Hall–Kier alpha value is -1.89. The number of rotatable bonds is 23. The molecule has 0 aliphatic rings. The van der Waals surface area contributed by atoms with Crippen molar-refractivity contribution in [2.24, 2.45) is 0 Å². The molecule has 0 radical (unpaired) electrons. The molecule has 6 nitrogen and oxygen atoms in total. The van der Waals surface area contributed by atoms with Crippen molar-refractivity contribution >= 4 is 33.5 Å². The number of amides is 1. The van der Waals surface area contributed by atoms with Gasteiger partial charge in [0.2, 0.25) is 0 Å². The first-order valence-electron chi connectivity index (χ1n) is 16.0. The molecule has 0 saturated heterocycles. The van der Waals surface area contributed by atoms with Crippen LogP contribution in [0.4, 0.5) is 6.01 Å². The zero-order chi connectivity index (χ0) is 28.3. The normalized spacial score (nSPS) is 12.2. The number of nitrogens with one attached hydrogen (secondary N) is 2. The predicted octanol–water partition coefficient (Wildman–Crippen LogP) is 9.54. The number of carbonyl (C=O) groups is 1. The first kappa shape index (κ1) is 33.3. The molecule has 2 aromatic rings. The summed E-state index contributed by atoms with van der Waals surface area (Å²) in [5, 5.41) is 6.69. The lowest BCUT2D eigenvalue weighted by atomic mass is 10.0. The Balaban J connectivity index is 1.69. The van der Waals surface area contributed by atoms with Crippen molar-refractivity contribution in [3.05, 3.63) is 20.9 Å². The maximum Gasteiger partial charge on any atom is 0.349 e. The van der Waals surface area contributed by atoms with Gasteiger partial charge in [-0.05, 0) is 32.3 Å². The summed E-state index contributed by atoms with van der Waals surface area (Å²) in [6.45, 7) is 9.09. The lowest BCUT2D eigenvalue weighted by Crippen LogP contribution is -2.32. The van der Waals surface area contributed by atoms with Crippen molar-refractivity contribution in [2.75, 3.05) is 11.9 Å². The smallest absolute Gasteiger partial charge is 0.349 e. The summed E-state index contributed by atoms with van der Waals surface area (Å²) in [6.07, 6.45) is 24.1. The van der Waals surface area contributed by atoms with Crippen molar-refractivity contribution in [3.8, 4) is 0 Å². The van der Waals surface area contributed by atoms with Gasteiger partial charge in [-0.2, -0.15) is 4.98 Å². The van der Waals surface area contributed by atoms with Crippen LogP contribution in [0.5, 0.6) is 0 Å². The first-order chi connectivity index (χ1) is 19.0. The van der Waals surface area contributed by atoms with Crippen molar-refractivity contribution in [1.29, 1.82) is 0 Å². The Morgan fingerprint density at radius 3 is 1.90 bits per heavy atom. The molecule has 222 valence electrons. The fourth-order valence-corrected chi connectivity index (χ4v) is 6.18. The topological polar surface area (TPSA) is 84.2 Å². The molecule has 2 heterocycles. The van der Waals surface area contributed by atoms with E-state index >= 15 is 0 Å². The molecule has 0 aromatic carbocycles. The molecule has 0 fully saturated rings. The summed E-state index contributed by atoms with van der Waals surface area (Å²) in [6, 6.07) is 0.346. The van der Waals surface area contributed by atoms with Gasteiger partial charge in [-0.1, -0.05) is 123 Å². The van der Waals surface area contributed by atoms with Crippen molar-refractivity contribution < 1.29 is 9.21 Å². The van der Waals surface area contributed by atoms with Gasteiger partial charge in [0.1, 0.15) is 10.2 Å². The zero-order valence-electron chi connectivity index (χ0n) is 25.3. The standard InChI is InChI=1S/C32H55N3O3S/c1-5-7-9-11-13-14-15-16-17-18-19-21-23-25(3)34-29(36)28-26(4)27-30(39-28)35-32(38-31(27)37)33-24-22-20-12-10-8-6-2/h25H,5-24H2,1-4H3,(H,33,35)(H,34,36). The van der Waals surface area contributed by atoms with Crippen LogP contribution in [0.1, 0.15) is 158 Å². The Bertz CT molecular complexity index is 1000. The Morgan fingerprint density at radius 1 is 0.821 bits per heavy atom. The third kappa shape index (κ3) is 12.9. The summed E-state index contributed by atoms with van der Waals surface area (Å²) in [7, 11) is 0. The number of carbonyl (C=O) groups excluding carboxylic acids is 1. The highest BCUT2D eigenvalue weighted by Gasteiger charge is 2.21. The van der Waals surface area contributed by atoms with Crippen LogP contribution in [0, 0.1) is 6.92 Å². The maximum atomic E-state index is 13.0. The van der Waals surface area contributed by atoms with Gasteiger partial charge in [-0.15, -0.1) is 11.3 Å². The number of aromatic nitrogens is 1. The summed E-state index contributed by atoms with van der Waals surface area (Å²) < 4.78 is 5.41. The molecule has 7 heteroatoms. The SMILES string of the molecule is CCCCCCCCCCCCCCC(C)NC(=O)c1sc2nc(NCCCCCCCC)oc(=O)c2c1C. The number of unbranched alkanes of at least 4 members (excludes halogenated alkanes) is 16. The molecule has 2 N–H and O–H groups in total. The van der Waals surface area contributed by atoms with Crippen molar-refractivity contribution in [1.82, 2.24) is 10.3 Å². The number of fused-ring (bicyclic) bond motifs is 1. The average molecular weight is 562 g/mol. The number of anilines is 1. The molecule has 0 spiro atoms. The van der Waals surface area contributed by atoms with E-state index in [-0.39, 0.29) is 18.0 Å². The van der Waals surface area contributed by atoms with E-state index in [0.717, 1.165) is 32.2 Å². The fraction of sp³-hybridized carbons (Fsp3) is 0.781. The summed E-state index contributed by atoms with van der Waals surface area (Å²) in [4.78, 5) is 31.3. The number of aryl methyl sites for hydroxylation is 1. The Morgan fingerprint density at radius 2 is 1.33 bits per heavy atom. The van der Waals surface area contributed by atoms with Gasteiger partial charge in [0, 0.05) is 12.6 Å². The Kier molecular flexibility index (Phi) is 17.1. The molecule has 2 aromatic heterocycles. The fourth-order valence-electron chi connectivity index (χ4n) is 5.12. The molecule has 0 aliphatic heterocycles. The van der Waals surface area contributed by atoms with E-state index in [9.17, 15) is 9.59 Å². The second-order valence-electron chi connectivity index (χ2n) is 11.3. The van der Waals surface area contributed by atoms with Crippen LogP contribution >= 0.6 is 11.3 Å². The second-order valence-corrected chi connectivity index (χ2v) is 12.3. The van der Waals surface area contributed by atoms with E-state index in [1.165, 1.54) is 108 Å². The summed E-state index contributed by atoms with van der Waals surface area (Å²) >= 11 is 1.28. The molecule has 1 unspecified atom stereocenters. The number of hydrogen-bond donors (Lipinski definition) is 2. The van der Waals surface area contributed by atoms with Gasteiger partial charge in [0.25, 0.3) is 11.9 Å². The molecule has 1 amide bonds. The maximum absolute atomic E-state index is 13.0. The van der Waals surface area contributed by atoms with Crippen LogP contribution < -0.4 is 16.3 Å². The Labute approximate surface area is 241 Å². The summed E-state index contributed by atoms with van der Waals surface area (Å²) in [5.41, 5.74) is 0.233. The van der Waals surface area contributed by atoms with Crippen molar-refractivity contribution in [2.45, 2.75) is 156 Å². The quantitative estimate of drug-likeness (QED) is 0.132. The zero-order valence-corrected chi connectivity index (χ0v) is 26.1. The highest BCUT2D eigenvalue weighted by molar-refractivity contribution is 7.20. The average Bonchev–Trinajstić information content (AvgIpc) is 3.25. The van der Waals surface area contributed by atoms with Crippen LogP contribution in [0.2, 0.25) is 0 Å². The van der Waals surface area contributed by atoms with Gasteiger partial charge in [0.15, 0.2) is 0 Å². The van der Waals surface area contributed by atoms with Crippen LogP contribution in [-0.4, -0.2) is 23.5 Å². The van der Waals surface area contributed by atoms with Gasteiger partial charge in [0.05, 0.1) is 4.88 Å². The van der Waals surface area contributed by atoms with E-state index < -0.39 is 5.63 Å². The second kappa shape index (κ2) is 20.1. The van der Waals surface area contributed by atoms with E-state index in [2.05, 4.69) is 36.4 Å². The predicted molar refractivity (Wildman–Crippen MR) is 167 cm³/mol. The van der Waals surface area contributed by atoms with Crippen LogP contribution in [0.25, 0.3) is 10.2 Å². The molecular formula is C32H55N3O3S. The van der Waals surface area contributed by atoms with Gasteiger partial charge in [-0.25, -0.2) is 4.79 Å². The number of thiophene rings is 1. The molecule has 0 saturated carbocycles. The summed E-state index contributed by atoms with van der Waals surface area (Å²) in [5.74, 6) is -0.122. The highest BCUT2D eigenvalue weighted by Crippen LogP contribution is 2.28. The molecule has 39 heavy (non-hydrogen) atoms. The first-order valence-corrected chi connectivity index (χ1v) is 16.8. The molecule has 0 bridgehead atoms. The van der Waals surface area contributed by atoms with Crippen LogP contribution in [0.15, 0.2) is 9.21 Å². The van der Waals surface area contributed by atoms with Gasteiger partial charge >= 0.3 is 5.63 Å². The molecule has 1 atom stereocenters. The minimum absolute atomic E-state index is 0.101. The monoisotopic (exact) mass is 561 g/mol. The molecule has 2 rings (SSSR count). The van der Waals surface area contributed by atoms with Crippen molar-refractivity contribution in [3.63, 3.8) is 0 Å². The van der Waals surface area contributed by atoms with Gasteiger partial charge < -0.3 is 15.1 Å². The highest BCUT2D eigenvalue weighted by atomic mass is 32.1. The van der Waals surface area contributed by atoms with Crippen LogP contribution in [0.3, 0.4) is 0 Å². The van der Waals surface area contributed by atoms with E-state index in [0.29, 0.717) is 20.7 Å². The minimum atomic E-state index is -0.428.